The van der Waals surface area contributed by atoms with Gasteiger partial charge in [0.25, 0.3) is 0 Å². The van der Waals surface area contributed by atoms with Crippen LogP contribution in [0, 0.1) is 5.41 Å². The van der Waals surface area contributed by atoms with Crippen LogP contribution in [0.25, 0.3) is 0 Å². The molecule has 2 amide bonds. The minimum absolute atomic E-state index is 0.0110. The molecule has 0 saturated carbocycles. The molecule has 2 aliphatic rings. The van der Waals surface area contributed by atoms with Crippen molar-refractivity contribution in [3.05, 3.63) is 21.9 Å². The van der Waals surface area contributed by atoms with Gasteiger partial charge in [-0.1, -0.05) is 0 Å². The van der Waals surface area contributed by atoms with E-state index in [0.717, 1.165) is 18.4 Å². The van der Waals surface area contributed by atoms with Gasteiger partial charge in [0.1, 0.15) is 0 Å². The number of amides is 2. The number of carbonyl (C=O) groups excluding carboxylic acids is 3. The monoisotopic (exact) mass is 364 g/mol. The lowest BCUT2D eigenvalue weighted by atomic mass is 9.78. The van der Waals surface area contributed by atoms with Crippen LogP contribution in [0.1, 0.15) is 41.4 Å². The van der Waals surface area contributed by atoms with E-state index in [1.165, 1.54) is 18.3 Å². The molecule has 0 aromatic carbocycles. The highest BCUT2D eigenvalue weighted by Gasteiger charge is 2.49. The molecule has 0 radical (unpaired) electrons. The third-order valence-corrected chi connectivity index (χ3v) is 6.34. The number of likely N-dealkylation sites (tertiary alicyclic amines) is 2. The lowest BCUT2D eigenvalue weighted by molar-refractivity contribution is -0.146. The Kier molecular flexibility index (Phi) is 5.24. The predicted octanol–water partition coefficient (Wildman–Crippen LogP) is 1.33. The van der Waals surface area contributed by atoms with Gasteiger partial charge in [0.05, 0.1) is 23.3 Å². The van der Waals surface area contributed by atoms with E-state index in [2.05, 4.69) is 0 Å². The first-order valence-electron chi connectivity index (χ1n) is 8.71. The lowest BCUT2D eigenvalue weighted by Crippen LogP contribution is -2.51. The number of piperidine rings is 1. The van der Waals surface area contributed by atoms with Crippen molar-refractivity contribution in [3.63, 3.8) is 0 Å². The molecule has 1 aromatic rings. The number of ketones is 1. The maximum Gasteiger partial charge on any atom is 0.230 e. The van der Waals surface area contributed by atoms with Crippen molar-refractivity contribution in [3.8, 4) is 0 Å². The number of hydrogen-bond acceptors (Lipinski definition) is 5. The average Bonchev–Trinajstić information content (AvgIpc) is 3.20. The largest absolute Gasteiger partial charge is 0.395 e. The normalized spacial score (nSPS) is 23.5. The second-order valence-electron chi connectivity index (χ2n) is 7.02. The van der Waals surface area contributed by atoms with Crippen molar-refractivity contribution < 1.29 is 19.5 Å². The Labute approximate surface area is 151 Å². The molecule has 0 aliphatic carbocycles. The first kappa shape index (κ1) is 18.1. The molecule has 1 aromatic heterocycles. The number of Topliss-reactive ketones (excluding diaryl/α,β-unsaturated/α-hetero) is 1. The summed E-state index contributed by atoms with van der Waals surface area (Å²) in [6, 6.07) is 1.78. The van der Waals surface area contributed by atoms with Crippen LogP contribution < -0.4 is 0 Å². The van der Waals surface area contributed by atoms with Crippen molar-refractivity contribution in [2.24, 2.45) is 5.41 Å². The zero-order valence-corrected chi connectivity index (χ0v) is 15.3. The molecule has 136 valence electrons. The summed E-state index contributed by atoms with van der Waals surface area (Å²) < 4.78 is 0. The van der Waals surface area contributed by atoms with Gasteiger partial charge < -0.3 is 14.9 Å². The second kappa shape index (κ2) is 7.25. The molecular weight excluding hydrogens is 340 g/mol. The summed E-state index contributed by atoms with van der Waals surface area (Å²) in [5.74, 6) is 0.106. The highest BCUT2D eigenvalue weighted by Crippen LogP contribution is 2.40. The summed E-state index contributed by atoms with van der Waals surface area (Å²) in [4.78, 5) is 41.0. The molecule has 2 aliphatic heterocycles. The van der Waals surface area contributed by atoms with Gasteiger partial charge in [-0.05, 0) is 43.2 Å². The van der Waals surface area contributed by atoms with E-state index in [1.54, 1.807) is 15.9 Å². The number of nitrogens with zero attached hydrogens (tertiary/aromatic N) is 2. The number of aliphatic hydroxyl groups excluding tert-OH is 1. The Morgan fingerprint density at radius 2 is 2.12 bits per heavy atom. The van der Waals surface area contributed by atoms with Crippen molar-refractivity contribution in [2.45, 2.75) is 32.6 Å². The molecule has 1 N–H and O–H groups in total. The van der Waals surface area contributed by atoms with Crippen LogP contribution in [-0.4, -0.2) is 65.3 Å². The minimum Gasteiger partial charge on any atom is -0.395 e. The van der Waals surface area contributed by atoms with Gasteiger partial charge >= 0.3 is 0 Å². The van der Waals surface area contributed by atoms with Crippen LogP contribution >= 0.6 is 11.3 Å². The SMILES string of the molecule is CC(=O)c1cc(CC(=O)N2CC[C@]3(CCCN(CCO)C3=O)C2)cs1. The molecule has 0 unspecified atom stereocenters. The van der Waals surface area contributed by atoms with Gasteiger partial charge in [-0.3, -0.25) is 14.4 Å². The Balaban J connectivity index is 1.64. The molecular formula is C18H24N2O4S. The molecule has 3 rings (SSSR count). The van der Waals surface area contributed by atoms with E-state index in [0.29, 0.717) is 37.5 Å². The number of β-amino-alcohol motifs (C(OH)–C–C–N with tert-alkyl or cyclic N) is 1. The first-order chi connectivity index (χ1) is 11.9. The topological polar surface area (TPSA) is 77.9 Å². The van der Waals surface area contributed by atoms with Gasteiger partial charge in [-0.15, -0.1) is 11.3 Å². The van der Waals surface area contributed by atoms with Crippen LogP contribution in [-0.2, 0) is 16.0 Å². The predicted molar refractivity (Wildman–Crippen MR) is 94.6 cm³/mol. The molecule has 2 fully saturated rings. The Bertz CT molecular complexity index is 684. The van der Waals surface area contributed by atoms with E-state index < -0.39 is 5.41 Å². The van der Waals surface area contributed by atoms with Crippen molar-refractivity contribution in [2.75, 3.05) is 32.8 Å². The van der Waals surface area contributed by atoms with Crippen molar-refractivity contribution in [1.29, 1.82) is 0 Å². The van der Waals surface area contributed by atoms with Crippen LogP contribution in [0.15, 0.2) is 11.4 Å². The van der Waals surface area contributed by atoms with E-state index in [1.807, 2.05) is 5.38 Å². The molecule has 1 atom stereocenters. The maximum absolute atomic E-state index is 12.8. The maximum atomic E-state index is 12.8. The molecule has 25 heavy (non-hydrogen) atoms. The summed E-state index contributed by atoms with van der Waals surface area (Å²) in [5.41, 5.74) is 0.389. The smallest absolute Gasteiger partial charge is 0.230 e. The summed E-state index contributed by atoms with van der Waals surface area (Å²) in [5, 5.41) is 11.0. The highest BCUT2D eigenvalue weighted by atomic mass is 32.1. The summed E-state index contributed by atoms with van der Waals surface area (Å²) in [6.45, 7) is 3.63. The van der Waals surface area contributed by atoms with Crippen LogP contribution in [0.5, 0.6) is 0 Å². The minimum atomic E-state index is -0.470. The van der Waals surface area contributed by atoms with E-state index in [4.69, 9.17) is 5.11 Å². The fraction of sp³-hybridized carbons (Fsp3) is 0.611. The Morgan fingerprint density at radius 3 is 2.80 bits per heavy atom. The third kappa shape index (κ3) is 3.62. The second-order valence-corrected chi connectivity index (χ2v) is 7.93. The van der Waals surface area contributed by atoms with Crippen molar-refractivity contribution >= 4 is 28.9 Å². The highest BCUT2D eigenvalue weighted by molar-refractivity contribution is 7.12. The Hall–Kier alpha value is -1.73. The van der Waals surface area contributed by atoms with Gasteiger partial charge in [0.2, 0.25) is 11.8 Å². The molecule has 6 nitrogen and oxygen atoms in total. The molecule has 7 heteroatoms. The quantitative estimate of drug-likeness (QED) is 0.800. The van der Waals surface area contributed by atoms with Crippen LogP contribution in [0.3, 0.4) is 0 Å². The first-order valence-corrected chi connectivity index (χ1v) is 9.59. The zero-order chi connectivity index (χ0) is 18.0. The number of hydrogen-bond donors (Lipinski definition) is 1. The standard InChI is InChI=1S/C18H24N2O4S/c1-13(22)15-9-14(11-25-15)10-16(23)20-6-4-18(12-20)3-2-5-19(7-8-21)17(18)24/h9,11,21H,2-8,10,12H2,1H3/t18-/m1/s1. The van der Waals surface area contributed by atoms with Gasteiger partial charge in [0, 0.05) is 26.2 Å². The van der Waals surface area contributed by atoms with Gasteiger partial charge in [0.15, 0.2) is 5.78 Å². The molecule has 3 heterocycles. The zero-order valence-electron chi connectivity index (χ0n) is 14.5. The number of rotatable bonds is 5. The van der Waals surface area contributed by atoms with Crippen LogP contribution in [0.4, 0.5) is 0 Å². The lowest BCUT2D eigenvalue weighted by Gasteiger charge is -2.39. The fourth-order valence-corrected chi connectivity index (χ4v) is 4.70. The molecule has 1 spiro atoms. The molecule has 2 saturated heterocycles. The van der Waals surface area contributed by atoms with Crippen LogP contribution in [0.2, 0.25) is 0 Å². The summed E-state index contributed by atoms with van der Waals surface area (Å²) in [7, 11) is 0. The fourth-order valence-electron chi connectivity index (χ4n) is 3.89. The number of carbonyl (C=O) groups is 3. The number of aliphatic hydroxyl groups is 1. The summed E-state index contributed by atoms with van der Waals surface area (Å²) in [6.07, 6.45) is 2.70. The van der Waals surface area contributed by atoms with E-state index in [9.17, 15) is 14.4 Å². The number of thiophene rings is 1. The van der Waals surface area contributed by atoms with E-state index >= 15 is 0 Å². The van der Waals surface area contributed by atoms with Gasteiger partial charge in [-0.2, -0.15) is 0 Å². The third-order valence-electron chi connectivity index (χ3n) is 5.26. The Morgan fingerprint density at radius 1 is 1.32 bits per heavy atom. The average molecular weight is 364 g/mol. The van der Waals surface area contributed by atoms with Gasteiger partial charge in [-0.25, -0.2) is 0 Å². The van der Waals surface area contributed by atoms with E-state index in [-0.39, 0.29) is 30.6 Å². The molecule has 0 bridgehead atoms. The van der Waals surface area contributed by atoms with Crippen molar-refractivity contribution in [1.82, 2.24) is 9.80 Å². The summed E-state index contributed by atoms with van der Waals surface area (Å²) >= 11 is 1.37.